The minimum absolute atomic E-state index is 0.0577. The second kappa shape index (κ2) is 28.0. The predicted octanol–water partition coefficient (Wildman–Crippen LogP) is 9.80. The van der Waals surface area contributed by atoms with Crippen molar-refractivity contribution >= 4 is 53.5 Å². The summed E-state index contributed by atoms with van der Waals surface area (Å²) in [6.45, 7) is 2.42. The summed E-state index contributed by atoms with van der Waals surface area (Å²) in [6.07, 6.45) is -14.9. The molecule has 420 valence electrons. The fourth-order valence-electron chi connectivity index (χ4n) is 8.94. The molecule has 82 heavy (non-hydrogen) atoms. The number of esters is 7. The van der Waals surface area contributed by atoms with Gasteiger partial charge in [0, 0.05) is 5.25 Å². The van der Waals surface area contributed by atoms with E-state index in [9.17, 15) is 33.6 Å². The van der Waals surface area contributed by atoms with Crippen molar-refractivity contribution in [1.82, 2.24) is 0 Å². The molecule has 0 amide bonds. The van der Waals surface area contributed by atoms with Crippen LogP contribution in [0.25, 0.3) is 0 Å². The summed E-state index contributed by atoms with van der Waals surface area (Å²) >= 11 is 1.21. The molecule has 2 aliphatic rings. The van der Waals surface area contributed by atoms with E-state index in [1.165, 1.54) is 84.6 Å². The summed E-state index contributed by atoms with van der Waals surface area (Å²) in [5.74, 6) is -6.14. The van der Waals surface area contributed by atoms with Crippen LogP contribution in [0.1, 0.15) is 86.4 Å². The number of rotatable bonds is 20. The van der Waals surface area contributed by atoms with Crippen LogP contribution in [0.4, 0.5) is 0 Å². The minimum atomic E-state index is -1.84. The third kappa shape index (κ3) is 14.9. The average Bonchev–Trinajstić information content (AvgIpc) is 3.70. The molecule has 0 spiro atoms. The van der Waals surface area contributed by atoms with Crippen LogP contribution in [0.3, 0.4) is 0 Å². The second-order valence-electron chi connectivity index (χ2n) is 19.0. The lowest BCUT2D eigenvalue weighted by Crippen LogP contribution is -2.64. The average molecular weight is 1130 g/mol. The maximum atomic E-state index is 14.4. The van der Waals surface area contributed by atoms with Gasteiger partial charge in [-0.05, 0) is 84.9 Å². The van der Waals surface area contributed by atoms with Crippen LogP contribution in [0, 0.1) is 0 Å². The molecule has 7 aromatic rings. The van der Waals surface area contributed by atoms with Gasteiger partial charge in [0.1, 0.15) is 24.3 Å². The lowest BCUT2D eigenvalue weighted by Gasteiger charge is -2.46. The molecular weight excluding hydrogens is 1070 g/mol. The molecule has 0 bridgehead atoms. The Morgan fingerprint density at radius 3 is 0.939 bits per heavy atom. The first-order chi connectivity index (χ1) is 39.9. The topological polar surface area (TPSA) is 212 Å². The summed E-state index contributed by atoms with van der Waals surface area (Å²) in [7, 11) is 0. The molecule has 2 fully saturated rings. The summed E-state index contributed by atoms with van der Waals surface area (Å²) in [5, 5.41) is -0.225. The van der Waals surface area contributed by atoms with E-state index in [4.69, 9.17) is 47.4 Å². The summed E-state index contributed by atoms with van der Waals surface area (Å²) in [6, 6.07) is 55.8. The summed E-state index contributed by atoms with van der Waals surface area (Å²) < 4.78 is 63.7. The van der Waals surface area contributed by atoms with Crippen molar-refractivity contribution in [2.24, 2.45) is 0 Å². The Labute approximate surface area is 476 Å². The van der Waals surface area contributed by atoms with Crippen molar-refractivity contribution in [3.8, 4) is 0 Å². The van der Waals surface area contributed by atoms with Crippen LogP contribution < -0.4 is 0 Å². The largest absolute Gasteiger partial charge is 0.459 e. The smallest absolute Gasteiger partial charge is 0.338 e. The maximum Gasteiger partial charge on any atom is 0.338 e. The molecule has 0 radical (unpaired) electrons. The first-order valence-electron chi connectivity index (χ1n) is 26.3. The fraction of sp³-hybridized carbons (Fsp3) is 0.234. The molecule has 9 rings (SSSR count). The van der Waals surface area contributed by atoms with Gasteiger partial charge in [0.05, 0.1) is 45.6 Å². The molecule has 0 aliphatic carbocycles. The van der Waals surface area contributed by atoms with Crippen molar-refractivity contribution in [3.05, 3.63) is 251 Å². The van der Waals surface area contributed by atoms with E-state index in [0.717, 1.165) is 0 Å². The normalized spacial score (nSPS) is 22.1. The van der Waals surface area contributed by atoms with Crippen molar-refractivity contribution in [3.63, 3.8) is 0 Å². The van der Waals surface area contributed by atoms with Crippen LogP contribution in [0.5, 0.6) is 0 Å². The van der Waals surface area contributed by atoms with Crippen molar-refractivity contribution in [1.29, 1.82) is 0 Å². The molecular formula is C64H56O17S. The Kier molecular flexibility index (Phi) is 19.7. The molecule has 2 heterocycles. The third-order valence-corrected chi connectivity index (χ3v) is 14.1. The van der Waals surface area contributed by atoms with E-state index in [1.54, 1.807) is 140 Å². The number of carbonyl (C=O) groups excluding carboxylic acids is 7. The Morgan fingerprint density at radius 1 is 0.341 bits per heavy atom. The summed E-state index contributed by atoms with van der Waals surface area (Å²) in [4.78, 5) is 99.4. The van der Waals surface area contributed by atoms with Gasteiger partial charge in [0.2, 0.25) is 0 Å². The molecule has 10 atom stereocenters. The van der Waals surface area contributed by atoms with Gasteiger partial charge in [-0.25, -0.2) is 33.6 Å². The lowest BCUT2D eigenvalue weighted by molar-refractivity contribution is -0.309. The summed E-state index contributed by atoms with van der Waals surface area (Å²) in [5.41, 5.74) is -0.409. The van der Waals surface area contributed by atoms with Crippen LogP contribution in [-0.4, -0.2) is 121 Å². The lowest BCUT2D eigenvalue weighted by atomic mass is 9.97. The SMILES string of the molecule is CC(C)S[C@@H]1OC(CO[C@@H]2OC(COC(=O)c3ccccc3)[C@@H](OC(=O)c3ccccc3)C(OC(=O)c3ccccc3)C2OC(=O)c2ccccc2)[C@@H](OC(=O)c2ccccc2)C(OC(=O)c2ccccc2)C1OC(=O)c1ccccc1. The minimum Gasteiger partial charge on any atom is -0.459 e. The zero-order valence-electron chi connectivity index (χ0n) is 44.3. The third-order valence-electron chi connectivity index (χ3n) is 12.9. The van der Waals surface area contributed by atoms with Gasteiger partial charge in [-0.15, -0.1) is 11.8 Å². The molecule has 2 aliphatic heterocycles. The monoisotopic (exact) mass is 1130 g/mol. The highest BCUT2D eigenvalue weighted by Crippen LogP contribution is 2.39. The molecule has 6 unspecified atom stereocenters. The highest BCUT2D eigenvalue weighted by atomic mass is 32.2. The highest BCUT2D eigenvalue weighted by molar-refractivity contribution is 8.00. The van der Waals surface area contributed by atoms with E-state index in [-0.39, 0.29) is 44.2 Å². The molecule has 17 nitrogen and oxygen atoms in total. The highest BCUT2D eigenvalue weighted by Gasteiger charge is 2.56. The standard InChI is InChI=1S/C64H56O17S/c1-40(2)82-64-55(81-62(71)47-36-22-9-23-37-47)53(79-60(69)45-32-18-7-19-33-45)51(77-58(67)43-28-14-5-15-29-43)49(75-64)39-73-63-54(80-61(70)46-34-20-8-21-35-46)52(78-59(68)44-30-16-6-17-31-44)50(76-57(66)42-26-12-4-13-27-42)48(74-63)38-72-56(65)41-24-10-3-11-25-41/h3-37,40,48-55,63-64H,38-39H2,1-2H3/t48?,49?,50-,51-,52?,53?,54?,55?,63-,64+/m1/s1. The molecule has 0 saturated carbocycles. The van der Waals surface area contributed by atoms with Gasteiger partial charge in [0.25, 0.3) is 0 Å². The van der Waals surface area contributed by atoms with E-state index < -0.39 is 116 Å². The Morgan fingerprint density at radius 2 is 0.610 bits per heavy atom. The maximum absolute atomic E-state index is 14.4. The zero-order valence-corrected chi connectivity index (χ0v) is 45.1. The van der Waals surface area contributed by atoms with Gasteiger partial charge in [-0.2, -0.15) is 0 Å². The van der Waals surface area contributed by atoms with E-state index in [0.29, 0.717) is 0 Å². The van der Waals surface area contributed by atoms with Gasteiger partial charge in [-0.3, -0.25) is 0 Å². The van der Waals surface area contributed by atoms with Crippen molar-refractivity contribution < 1.29 is 80.9 Å². The number of carbonyl (C=O) groups is 7. The van der Waals surface area contributed by atoms with Crippen molar-refractivity contribution in [2.75, 3.05) is 13.2 Å². The predicted molar refractivity (Wildman–Crippen MR) is 297 cm³/mol. The number of thioether (sulfide) groups is 1. The van der Waals surface area contributed by atoms with Crippen LogP contribution in [0.15, 0.2) is 212 Å². The van der Waals surface area contributed by atoms with Gasteiger partial charge in [0.15, 0.2) is 42.9 Å². The zero-order chi connectivity index (χ0) is 57.4. The van der Waals surface area contributed by atoms with E-state index in [2.05, 4.69) is 0 Å². The Balaban J connectivity index is 1.15. The molecule has 0 aromatic heterocycles. The molecule has 0 N–H and O–H groups in total. The van der Waals surface area contributed by atoms with Gasteiger partial charge in [-0.1, -0.05) is 141 Å². The second-order valence-corrected chi connectivity index (χ2v) is 20.7. The number of hydrogen-bond donors (Lipinski definition) is 0. The van der Waals surface area contributed by atoms with Crippen molar-refractivity contribution in [2.45, 2.75) is 79.7 Å². The number of ether oxygens (including phenoxy) is 10. The fourth-order valence-corrected chi connectivity index (χ4v) is 10.0. The molecule has 7 aromatic carbocycles. The van der Waals surface area contributed by atoms with Gasteiger partial charge < -0.3 is 47.4 Å². The number of benzene rings is 7. The molecule has 18 heteroatoms. The Bertz CT molecular complexity index is 3250. The van der Waals surface area contributed by atoms with Gasteiger partial charge >= 0.3 is 41.8 Å². The molecule has 2 saturated heterocycles. The first-order valence-corrected chi connectivity index (χ1v) is 27.2. The van der Waals surface area contributed by atoms with E-state index in [1.807, 2.05) is 13.8 Å². The quantitative estimate of drug-likeness (QED) is 0.0513. The van der Waals surface area contributed by atoms with E-state index >= 15 is 0 Å². The van der Waals surface area contributed by atoms with Crippen LogP contribution in [0.2, 0.25) is 0 Å². The van der Waals surface area contributed by atoms with Crippen LogP contribution in [-0.2, 0) is 47.4 Å². The Hall–Kier alpha value is -8.94. The number of hydrogen-bond acceptors (Lipinski definition) is 18. The first kappa shape index (κ1) is 57.7. The van der Waals surface area contributed by atoms with Crippen LogP contribution >= 0.6 is 11.8 Å².